The number of hydrogen-bond acceptors (Lipinski definition) is 4. The maximum atomic E-state index is 12.6. The van der Waals surface area contributed by atoms with E-state index in [1.165, 1.54) is 0 Å². The summed E-state index contributed by atoms with van der Waals surface area (Å²) in [5, 5.41) is 2.87. The fourth-order valence-electron chi connectivity index (χ4n) is 1.85. The molecule has 2 rings (SSSR count). The lowest BCUT2D eigenvalue weighted by molar-refractivity contribution is -0.130. The zero-order valence-electron chi connectivity index (χ0n) is 9.69. The summed E-state index contributed by atoms with van der Waals surface area (Å²) < 4.78 is 12.6. The Balaban J connectivity index is 1.93. The summed E-state index contributed by atoms with van der Waals surface area (Å²) in [7, 11) is 0. The predicted molar refractivity (Wildman–Crippen MR) is 60.9 cm³/mol. The first-order chi connectivity index (χ1) is 8.16. The number of amides is 1. The maximum Gasteiger partial charge on any atom is 0.244 e. The average Bonchev–Trinajstić information content (AvgIpc) is 2.84. The fourth-order valence-corrected chi connectivity index (χ4v) is 1.85. The van der Waals surface area contributed by atoms with E-state index in [4.69, 9.17) is 0 Å². The van der Waals surface area contributed by atoms with E-state index in [0.717, 1.165) is 38.3 Å². The molecular formula is C11H15FN4O. The zero-order chi connectivity index (χ0) is 12.3. The second kappa shape index (κ2) is 5.07. The molecule has 0 spiro atoms. The molecule has 2 heterocycles. The molecule has 0 aromatic carbocycles. The van der Waals surface area contributed by atoms with Gasteiger partial charge in [-0.3, -0.25) is 4.79 Å². The molecule has 1 aliphatic heterocycles. The zero-order valence-corrected chi connectivity index (χ0v) is 9.69. The third-order valence-corrected chi connectivity index (χ3v) is 2.75. The van der Waals surface area contributed by atoms with Gasteiger partial charge in [-0.25, -0.2) is 14.4 Å². The van der Waals surface area contributed by atoms with Gasteiger partial charge in [-0.15, -0.1) is 0 Å². The van der Waals surface area contributed by atoms with E-state index in [-0.39, 0.29) is 11.9 Å². The molecule has 17 heavy (non-hydrogen) atoms. The summed E-state index contributed by atoms with van der Waals surface area (Å²) in [5.41, 5.74) is 0. The molecule has 1 aliphatic rings. The number of halogens is 1. The molecule has 1 N–H and O–H groups in total. The number of hydrogen-bond donors (Lipinski definition) is 1. The number of anilines is 1. The van der Waals surface area contributed by atoms with Gasteiger partial charge in [0.1, 0.15) is 6.04 Å². The van der Waals surface area contributed by atoms with Crippen molar-refractivity contribution in [3.8, 4) is 0 Å². The Kier molecular flexibility index (Phi) is 3.51. The number of likely N-dealkylation sites (tertiary alicyclic amines) is 1. The molecule has 1 saturated heterocycles. The second-order valence-corrected chi connectivity index (χ2v) is 4.12. The van der Waals surface area contributed by atoms with Gasteiger partial charge in [0, 0.05) is 13.1 Å². The normalized spacial score (nSPS) is 16.9. The minimum atomic E-state index is -0.492. The van der Waals surface area contributed by atoms with Crippen molar-refractivity contribution in [1.82, 2.24) is 14.9 Å². The van der Waals surface area contributed by atoms with Crippen molar-refractivity contribution in [1.29, 1.82) is 0 Å². The SMILES string of the molecule is CC(Nc1ncc(F)cn1)C(=O)N1CCCC1. The molecule has 0 saturated carbocycles. The molecule has 0 bridgehead atoms. The Morgan fingerprint density at radius 3 is 2.59 bits per heavy atom. The number of carbonyl (C=O) groups is 1. The third kappa shape index (κ3) is 2.89. The van der Waals surface area contributed by atoms with Gasteiger partial charge in [0.15, 0.2) is 5.82 Å². The van der Waals surface area contributed by atoms with E-state index in [1.807, 2.05) is 4.90 Å². The van der Waals surface area contributed by atoms with Crippen LogP contribution in [0.5, 0.6) is 0 Å². The molecule has 1 amide bonds. The standard InChI is InChI=1S/C11H15FN4O/c1-8(10(17)16-4-2-3-5-16)15-11-13-6-9(12)7-14-11/h6-8H,2-5H2,1H3,(H,13,14,15). The lowest BCUT2D eigenvalue weighted by Gasteiger charge is -2.20. The highest BCUT2D eigenvalue weighted by Crippen LogP contribution is 2.10. The lowest BCUT2D eigenvalue weighted by Crippen LogP contribution is -2.39. The minimum Gasteiger partial charge on any atom is -0.343 e. The highest BCUT2D eigenvalue weighted by Gasteiger charge is 2.23. The molecule has 6 heteroatoms. The van der Waals surface area contributed by atoms with Crippen LogP contribution in [0, 0.1) is 5.82 Å². The summed E-state index contributed by atoms with van der Waals surface area (Å²) in [6.45, 7) is 3.39. The largest absolute Gasteiger partial charge is 0.343 e. The van der Waals surface area contributed by atoms with Crippen LogP contribution >= 0.6 is 0 Å². The van der Waals surface area contributed by atoms with Gasteiger partial charge >= 0.3 is 0 Å². The van der Waals surface area contributed by atoms with Crippen molar-refractivity contribution in [3.05, 3.63) is 18.2 Å². The summed E-state index contributed by atoms with van der Waals surface area (Å²) in [6.07, 6.45) is 4.27. The van der Waals surface area contributed by atoms with Crippen LogP contribution < -0.4 is 5.32 Å². The van der Waals surface area contributed by atoms with E-state index in [0.29, 0.717) is 0 Å². The molecule has 1 fully saturated rings. The van der Waals surface area contributed by atoms with Crippen LogP contribution in [0.15, 0.2) is 12.4 Å². The van der Waals surface area contributed by atoms with Gasteiger partial charge in [-0.1, -0.05) is 0 Å². The third-order valence-electron chi connectivity index (χ3n) is 2.75. The van der Waals surface area contributed by atoms with Crippen molar-refractivity contribution < 1.29 is 9.18 Å². The van der Waals surface area contributed by atoms with E-state index < -0.39 is 11.9 Å². The van der Waals surface area contributed by atoms with Crippen LogP contribution in [-0.4, -0.2) is 39.9 Å². The highest BCUT2D eigenvalue weighted by molar-refractivity contribution is 5.83. The number of carbonyl (C=O) groups excluding carboxylic acids is 1. The van der Waals surface area contributed by atoms with Crippen molar-refractivity contribution >= 4 is 11.9 Å². The van der Waals surface area contributed by atoms with Crippen molar-refractivity contribution in [2.75, 3.05) is 18.4 Å². The van der Waals surface area contributed by atoms with Gasteiger partial charge in [-0.05, 0) is 19.8 Å². The first kappa shape index (κ1) is 11.8. The van der Waals surface area contributed by atoms with Crippen LogP contribution in [-0.2, 0) is 4.79 Å². The molecule has 1 aromatic heterocycles. The Morgan fingerprint density at radius 2 is 2.00 bits per heavy atom. The van der Waals surface area contributed by atoms with Gasteiger partial charge in [0.25, 0.3) is 0 Å². The van der Waals surface area contributed by atoms with Crippen LogP contribution in [0.2, 0.25) is 0 Å². The molecule has 1 aromatic rings. The van der Waals surface area contributed by atoms with Gasteiger partial charge in [0.2, 0.25) is 11.9 Å². The van der Waals surface area contributed by atoms with Crippen LogP contribution in [0.4, 0.5) is 10.3 Å². The Bertz CT molecular complexity index is 389. The molecule has 92 valence electrons. The fraction of sp³-hybridized carbons (Fsp3) is 0.545. The van der Waals surface area contributed by atoms with Crippen LogP contribution in [0.25, 0.3) is 0 Å². The first-order valence-corrected chi connectivity index (χ1v) is 5.69. The van der Waals surface area contributed by atoms with Crippen molar-refractivity contribution in [3.63, 3.8) is 0 Å². The smallest absolute Gasteiger partial charge is 0.244 e. The predicted octanol–water partition coefficient (Wildman–Crippen LogP) is 1.04. The van der Waals surface area contributed by atoms with E-state index in [1.54, 1.807) is 6.92 Å². The summed E-state index contributed by atoms with van der Waals surface area (Å²) in [4.78, 5) is 21.3. The average molecular weight is 238 g/mol. The topological polar surface area (TPSA) is 58.1 Å². The summed E-state index contributed by atoms with van der Waals surface area (Å²) >= 11 is 0. The second-order valence-electron chi connectivity index (χ2n) is 4.12. The van der Waals surface area contributed by atoms with Crippen LogP contribution in [0.3, 0.4) is 0 Å². The summed E-state index contributed by atoms with van der Waals surface area (Å²) in [5.74, 6) is -0.184. The number of rotatable bonds is 3. The summed E-state index contributed by atoms with van der Waals surface area (Å²) in [6, 6.07) is -0.390. The van der Waals surface area contributed by atoms with Crippen molar-refractivity contribution in [2.45, 2.75) is 25.8 Å². The number of nitrogens with zero attached hydrogens (tertiary/aromatic N) is 3. The Labute approximate surface area is 99.1 Å². The minimum absolute atomic E-state index is 0.0374. The Hall–Kier alpha value is -1.72. The van der Waals surface area contributed by atoms with Gasteiger partial charge in [-0.2, -0.15) is 0 Å². The maximum absolute atomic E-state index is 12.6. The van der Waals surface area contributed by atoms with Crippen molar-refractivity contribution in [2.24, 2.45) is 0 Å². The molecule has 0 radical (unpaired) electrons. The van der Waals surface area contributed by atoms with Gasteiger partial charge in [0.05, 0.1) is 12.4 Å². The molecule has 0 aliphatic carbocycles. The number of nitrogens with one attached hydrogen (secondary N) is 1. The molecule has 1 atom stereocenters. The first-order valence-electron chi connectivity index (χ1n) is 5.69. The Morgan fingerprint density at radius 1 is 1.41 bits per heavy atom. The van der Waals surface area contributed by atoms with E-state index in [2.05, 4.69) is 15.3 Å². The number of aromatic nitrogens is 2. The van der Waals surface area contributed by atoms with Gasteiger partial charge < -0.3 is 10.2 Å². The monoisotopic (exact) mass is 238 g/mol. The molecule has 5 nitrogen and oxygen atoms in total. The highest BCUT2D eigenvalue weighted by atomic mass is 19.1. The van der Waals surface area contributed by atoms with E-state index in [9.17, 15) is 9.18 Å². The van der Waals surface area contributed by atoms with Crippen LogP contribution in [0.1, 0.15) is 19.8 Å². The lowest BCUT2D eigenvalue weighted by atomic mass is 10.3. The molecule has 1 unspecified atom stereocenters. The molecular weight excluding hydrogens is 223 g/mol. The quantitative estimate of drug-likeness (QED) is 0.854. The van der Waals surface area contributed by atoms with E-state index >= 15 is 0 Å².